The highest BCUT2D eigenvalue weighted by Gasteiger charge is 2.21. The maximum atomic E-state index is 12.6. The number of nitrogens with one attached hydrogen (secondary N) is 1. The second kappa shape index (κ2) is 6.89. The fourth-order valence-corrected chi connectivity index (χ4v) is 2.74. The van der Waals surface area contributed by atoms with Gasteiger partial charge in [0.1, 0.15) is 11.9 Å². The number of carbonyl (C=O) groups is 1. The van der Waals surface area contributed by atoms with Crippen LogP contribution >= 0.6 is 11.6 Å². The van der Waals surface area contributed by atoms with Crippen LogP contribution < -0.4 is 5.32 Å². The monoisotopic (exact) mass is 339 g/mol. The molecule has 3 rings (SSSR count). The fraction of sp³-hybridized carbons (Fsp3) is 0.158. The van der Waals surface area contributed by atoms with Crippen molar-refractivity contribution in [2.24, 2.45) is 7.05 Å². The molecule has 0 spiro atoms. The number of aryl methyl sites for hydroxylation is 2. The standard InChI is InChI=1S/C19H18ClN3O/c1-13-4-3-5-15(12-13)17(18-21-10-11-23(18)2)22-19(24)14-6-8-16(20)9-7-14/h3-12,17H,1-2H3,(H,22,24). The molecule has 0 bridgehead atoms. The van der Waals surface area contributed by atoms with E-state index < -0.39 is 0 Å². The van der Waals surface area contributed by atoms with E-state index >= 15 is 0 Å². The molecule has 4 nitrogen and oxygen atoms in total. The quantitative estimate of drug-likeness (QED) is 0.783. The second-order valence-electron chi connectivity index (χ2n) is 5.72. The van der Waals surface area contributed by atoms with Crippen molar-refractivity contribution in [1.82, 2.24) is 14.9 Å². The smallest absolute Gasteiger partial charge is 0.252 e. The molecular formula is C19H18ClN3O. The molecule has 0 aliphatic rings. The SMILES string of the molecule is Cc1cccc(C(NC(=O)c2ccc(Cl)cc2)c2nccn2C)c1. The van der Waals surface area contributed by atoms with Crippen LogP contribution in [-0.2, 0) is 7.05 Å². The Morgan fingerprint density at radius 3 is 2.58 bits per heavy atom. The Labute approximate surface area is 146 Å². The molecule has 1 aromatic heterocycles. The lowest BCUT2D eigenvalue weighted by Crippen LogP contribution is -2.31. The van der Waals surface area contributed by atoms with Crippen LogP contribution in [0.1, 0.15) is 33.4 Å². The van der Waals surface area contributed by atoms with Gasteiger partial charge in [0.05, 0.1) is 0 Å². The molecule has 1 amide bonds. The molecule has 1 heterocycles. The number of aromatic nitrogens is 2. The van der Waals surface area contributed by atoms with Gasteiger partial charge < -0.3 is 9.88 Å². The van der Waals surface area contributed by atoms with Gasteiger partial charge >= 0.3 is 0 Å². The van der Waals surface area contributed by atoms with Gasteiger partial charge in [0, 0.05) is 30.0 Å². The maximum Gasteiger partial charge on any atom is 0.252 e. The summed E-state index contributed by atoms with van der Waals surface area (Å²) >= 11 is 5.89. The molecule has 0 saturated carbocycles. The molecule has 0 radical (unpaired) electrons. The lowest BCUT2D eigenvalue weighted by Gasteiger charge is -2.19. The highest BCUT2D eigenvalue weighted by atomic mass is 35.5. The zero-order valence-electron chi connectivity index (χ0n) is 13.5. The normalized spacial score (nSPS) is 12.0. The summed E-state index contributed by atoms with van der Waals surface area (Å²) in [5.74, 6) is 0.615. The van der Waals surface area contributed by atoms with Gasteiger partial charge in [-0.15, -0.1) is 0 Å². The lowest BCUT2D eigenvalue weighted by molar-refractivity contribution is 0.0941. The van der Waals surface area contributed by atoms with E-state index in [0.29, 0.717) is 10.6 Å². The summed E-state index contributed by atoms with van der Waals surface area (Å²) in [5.41, 5.74) is 2.69. The van der Waals surface area contributed by atoms with Crippen LogP contribution in [-0.4, -0.2) is 15.5 Å². The first kappa shape index (κ1) is 16.3. The topological polar surface area (TPSA) is 46.9 Å². The van der Waals surface area contributed by atoms with Crippen molar-refractivity contribution >= 4 is 17.5 Å². The fourth-order valence-electron chi connectivity index (χ4n) is 2.62. The molecule has 0 aliphatic heterocycles. The van der Waals surface area contributed by atoms with Crippen LogP contribution in [0.2, 0.25) is 5.02 Å². The van der Waals surface area contributed by atoms with Crippen LogP contribution in [0.15, 0.2) is 60.9 Å². The number of imidazole rings is 1. The van der Waals surface area contributed by atoms with E-state index in [4.69, 9.17) is 11.6 Å². The Morgan fingerprint density at radius 2 is 1.96 bits per heavy atom. The third kappa shape index (κ3) is 3.49. The first-order valence-electron chi connectivity index (χ1n) is 7.65. The Hall–Kier alpha value is -2.59. The summed E-state index contributed by atoms with van der Waals surface area (Å²) in [6.07, 6.45) is 3.60. The van der Waals surface area contributed by atoms with Crippen molar-refractivity contribution < 1.29 is 4.79 Å². The second-order valence-corrected chi connectivity index (χ2v) is 6.16. The Kier molecular flexibility index (Phi) is 4.67. The Balaban J connectivity index is 1.95. The maximum absolute atomic E-state index is 12.6. The van der Waals surface area contributed by atoms with E-state index in [0.717, 1.165) is 17.0 Å². The molecule has 0 saturated heterocycles. The van der Waals surface area contributed by atoms with Crippen molar-refractivity contribution in [3.05, 3.63) is 88.5 Å². The van der Waals surface area contributed by atoms with Gasteiger partial charge in [0.15, 0.2) is 0 Å². The number of halogens is 1. The zero-order chi connectivity index (χ0) is 17.1. The number of carbonyl (C=O) groups excluding carboxylic acids is 1. The average Bonchev–Trinajstić information content (AvgIpc) is 2.99. The lowest BCUT2D eigenvalue weighted by atomic mass is 10.0. The number of hydrogen-bond acceptors (Lipinski definition) is 2. The molecule has 2 aromatic carbocycles. The van der Waals surface area contributed by atoms with E-state index in [1.165, 1.54) is 0 Å². The average molecular weight is 340 g/mol. The number of amides is 1. The Bertz CT molecular complexity index is 855. The highest BCUT2D eigenvalue weighted by Crippen LogP contribution is 2.22. The highest BCUT2D eigenvalue weighted by molar-refractivity contribution is 6.30. The van der Waals surface area contributed by atoms with Gasteiger partial charge in [-0.2, -0.15) is 0 Å². The predicted molar refractivity (Wildman–Crippen MR) is 95.1 cm³/mol. The third-order valence-electron chi connectivity index (χ3n) is 3.87. The van der Waals surface area contributed by atoms with E-state index in [2.05, 4.69) is 16.4 Å². The molecule has 1 N–H and O–H groups in total. The van der Waals surface area contributed by atoms with E-state index in [-0.39, 0.29) is 11.9 Å². The van der Waals surface area contributed by atoms with Gasteiger partial charge in [0.2, 0.25) is 0 Å². The number of rotatable bonds is 4. The number of nitrogens with zero attached hydrogens (tertiary/aromatic N) is 2. The van der Waals surface area contributed by atoms with Gasteiger partial charge in [-0.05, 0) is 36.8 Å². The van der Waals surface area contributed by atoms with E-state index in [9.17, 15) is 4.79 Å². The van der Waals surface area contributed by atoms with Crippen LogP contribution in [0, 0.1) is 6.92 Å². The predicted octanol–water partition coefficient (Wildman–Crippen LogP) is 3.90. The first-order chi connectivity index (χ1) is 11.5. The van der Waals surface area contributed by atoms with E-state index in [1.807, 2.05) is 42.9 Å². The van der Waals surface area contributed by atoms with Crippen molar-refractivity contribution in [3.63, 3.8) is 0 Å². The molecule has 122 valence electrons. The van der Waals surface area contributed by atoms with Crippen LogP contribution in [0.4, 0.5) is 0 Å². The van der Waals surface area contributed by atoms with Gasteiger partial charge in [0.25, 0.3) is 5.91 Å². The summed E-state index contributed by atoms with van der Waals surface area (Å²) in [6, 6.07) is 14.6. The molecular weight excluding hydrogens is 322 g/mol. The number of benzene rings is 2. The van der Waals surface area contributed by atoms with Gasteiger partial charge in [-0.1, -0.05) is 41.4 Å². The first-order valence-corrected chi connectivity index (χ1v) is 8.02. The minimum Gasteiger partial charge on any atom is -0.338 e. The zero-order valence-corrected chi connectivity index (χ0v) is 14.3. The molecule has 0 fully saturated rings. The molecule has 1 atom stereocenters. The third-order valence-corrected chi connectivity index (χ3v) is 4.13. The molecule has 3 aromatic rings. The van der Waals surface area contributed by atoms with Crippen LogP contribution in [0.25, 0.3) is 0 Å². The molecule has 1 unspecified atom stereocenters. The summed E-state index contributed by atoms with van der Waals surface area (Å²) < 4.78 is 1.91. The van der Waals surface area contributed by atoms with Crippen molar-refractivity contribution in [2.45, 2.75) is 13.0 Å². The Morgan fingerprint density at radius 1 is 1.21 bits per heavy atom. The van der Waals surface area contributed by atoms with Crippen LogP contribution in [0.3, 0.4) is 0 Å². The number of hydrogen-bond donors (Lipinski definition) is 1. The van der Waals surface area contributed by atoms with Crippen molar-refractivity contribution in [1.29, 1.82) is 0 Å². The molecule has 24 heavy (non-hydrogen) atoms. The van der Waals surface area contributed by atoms with Crippen molar-refractivity contribution in [3.8, 4) is 0 Å². The van der Waals surface area contributed by atoms with Crippen molar-refractivity contribution in [2.75, 3.05) is 0 Å². The summed E-state index contributed by atoms with van der Waals surface area (Å²) in [7, 11) is 1.92. The van der Waals surface area contributed by atoms with E-state index in [1.54, 1.807) is 30.5 Å². The minimum absolute atomic E-state index is 0.166. The summed E-state index contributed by atoms with van der Waals surface area (Å²) in [5, 5.41) is 3.68. The van der Waals surface area contributed by atoms with Gasteiger partial charge in [-0.3, -0.25) is 4.79 Å². The van der Waals surface area contributed by atoms with Gasteiger partial charge in [-0.25, -0.2) is 4.98 Å². The van der Waals surface area contributed by atoms with Crippen LogP contribution in [0.5, 0.6) is 0 Å². The molecule has 0 aliphatic carbocycles. The summed E-state index contributed by atoms with van der Waals surface area (Å²) in [4.78, 5) is 17.1. The summed E-state index contributed by atoms with van der Waals surface area (Å²) in [6.45, 7) is 2.03. The molecule has 5 heteroatoms. The minimum atomic E-state index is -0.326. The largest absolute Gasteiger partial charge is 0.338 e.